The topological polar surface area (TPSA) is 61.3 Å². The molecule has 1 aromatic carbocycles. The van der Waals surface area contributed by atoms with E-state index in [0.717, 1.165) is 37.2 Å². The molecule has 0 atom stereocenters. The molecule has 4 heteroatoms. The van der Waals surface area contributed by atoms with Crippen molar-refractivity contribution in [3.05, 3.63) is 36.0 Å². The maximum atomic E-state index is 5.82. The minimum Gasteiger partial charge on any atom is -0.381 e. The van der Waals surface area contributed by atoms with Crippen molar-refractivity contribution in [2.24, 2.45) is 0 Å². The molecule has 3 rings (SSSR count). The summed E-state index contributed by atoms with van der Waals surface area (Å²) in [4.78, 5) is 0. The lowest BCUT2D eigenvalue weighted by atomic mass is 9.86. The van der Waals surface area contributed by atoms with Crippen LogP contribution in [0.15, 0.2) is 35.0 Å². The van der Waals surface area contributed by atoms with E-state index in [-0.39, 0.29) is 0 Å². The van der Waals surface area contributed by atoms with Crippen molar-refractivity contribution in [1.82, 2.24) is 5.16 Å². The largest absolute Gasteiger partial charge is 0.381 e. The van der Waals surface area contributed by atoms with Crippen molar-refractivity contribution >= 4 is 5.88 Å². The lowest BCUT2D eigenvalue weighted by molar-refractivity contribution is 0.0854. The molecule has 18 heavy (non-hydrogen) atoms. The van der Waals surface area contributed by atoms with Gasteiger partial charge in [-0.05, 0) is 29.9 Å². The van der Waals surface area contributed by atoms with Gasteiger partial charge in [0, 0.05) is 13.2 Å². The summed E-state index contributed by atoms with van der Waals surface area (Å²) in [5, 5.41) is 3.76. The molecule has 94 valence electrons. The maximum absolute atomic E-state index is 5.82. The van der Waals surface area contributed by atoms with Crippen molar-refractivity contribution in [1.29, 1.82) is 0 Å². The van der Waals surface area contributed by atoms with E-state index >= 15 is 0 Å². The van der Waals surface area contributed by atoms with Gasteiger partial charge in [-0.1, -0.05) is 29.4 Å². The van der Waals surface area contributed by atoms with E-state index in [2.05, 4.69) is 23.4 Å². The number of hydrogen-bond donors (Lipinski definition) is 1. The molecule has 1 saturated heterocycles. The molecule has 0 bridgehead atoms. The molecular formula is C14H16N2O2. The zero-order valence-corrected chi connectivity index (χ0v) is 10.1. The zero-order chi connectivity index (χ0) is 12.4. The van der Waals surface area contributed by atoms with E-state index in [1.165, 1.54) is 5.56 Å². The molecule has 2 heterocycles. The van der Waals surface area contributed by atoms with Gasteiger partial charge in [-0.2, -0.15) is 0 Å². The van der Waals surface area contributed by atoms with E-state index in [1.807, 2.05) is 6.07 Å². The van der Waals surface area contributed by atoms with Gasteiger partial charge >= 0.3 is 0 Å². The number of nitrogens with zero attached hydrogens (tertiary/aromatic N) is 1. The highest BCUT2D eigenvalue weighted by Crippen LogP contribution is 2.36. The van der Waals surface area contributed by atoms with E-state index in [1.54, 1.807) is 6.20 Å². The highest BCUT2D eigenvalue weighted by atomic mass is 16.5. The van der Waals surface area contributed by atoms with Gasteiger partial charge in [-0.25, -0.2) is 0 Å². The van der Waals surface area contributed by atoms with E-state index in [4.69, 9.17) is 15.0 Å². The van der Waals surface area contributed by atoms with Crippen molar-refractivity contribution in [3.63, 3.8) is 0 Å². The van der Waals surface area contributed by atoms with Crippen LogP contribution in [0.25, 0.3) is 11.1 Å². The van der Waals surface area contributed by atoms with Crippen LogP contribution in [0.5, 0.6) is 0 Å². The summed E-state index contributed by atoms with van der Waals surface area (Å²) in [7, 11) is 0. The summed E-state index contributed by atoms with van der Waals surface area (Å²) >= 11 is 0. The summed E-state index contributed by atoms with van der Waals surface area (Å²) in [6.45, 7) is 1.66. The van der Waals surface area contributed by atoms with Gasteiger partial charge in [0.05, 0.1) is 11.8 Å². The minimum atomic E-state index is 0.384. The second-order valence-electron chi connectivity index (χ2n) is 4.58. The fourth-order valence-corrected chi connectivity index (χ4v) is 2.56. The van der Waals surface area contributed by atoms with Crippen molar-refractivity contribution in [2.45, 2.75) is 18.8 Å². The van der Waals surface area contributed by atoms with Crippen LogP contribution in [0.2, 0.25) is 0 Å². The number of ether oxygens (including phenoxy) is 1. The summed E-state index contributed by atoms with van der Waals surface area (Å²) in [6, 6.07) is 8.33. The van der Waals surface area contributed by atoms with E-state index in [0.29, 0.717) is 11.8 Å². The Balaban J connectivity index is 2.02. The molecule has 2 N–H and O–H groups in total. The standard InChI is InChI=1S/C14H16N2O2/c15-14-13(9-16-18-14)12-4-2-1-3-11(12)10-5-7-17-8-6-10/h1-4,9-10H,5-8,15H2. The van der Waals surface area contributed by atoms with Crippen LogP contribution in [0.1, 0.15) is 24.3 Å². The summed E-state index contributed by atoms with van der Waals surface area (Å²) in [5.74, 6) is 0.916. The van der Waals surface area contributed by atoms with Gasteiger partial charge in [0.2, 0.25) is 5.88 Å². The van der Waals surface area contributed by atoms with Gasteiger partial charge in [-0.15, -0.1) is 0 Å². The lowest BCUT2D eigenvalue weighted by Gasteiger charge is -2.24. The summed E-state index contributed by atoms with van der Waals surface area (Å²) in [5.41, 5.74) is 9.15. The predicted molar refractivity (Wildman–Crippen MR) is 69.1 cm³/mol. The average Bonchev–Trinajstić information content (AvgIpc) is 2.86. The molecular weight excluding hydrogens is 228 g/mol. The number of nitrogens with two attached hydrogens (primary N) is 1. The molecule has 0 amide bonds. The van der Waals surface area contributed by atoms with Crippen molar-refractivity contribution in [3.8, 4) is 11.1 Å². The average molecular weight is 244 g/mol. The van der Waals surface area contributed by atoms with Gasteiger partial charge in [0.25, 0.3) is 0 Å². The third kappa shape index (κ3) is 1.99. The second-order valence-corrected chi connectivity index (χ2v) is 4.58. The molecule has 1 aromatic heterocycles. The first-order valence-electron chi connectivity index (χ1n) is 6.23. The predicted octanol–water partition coefficient (Wildman–Crippen LogP) is 2.82. The highest BCUT2D eigenvalue weighted by Gasteiger charge is 2.20. The first kappa shape index (κ1) is 11.3. The smallest absolute Gasteiger partial charge is 0.229 e. The Bertz CT molecular complexity index is 530. The van der Waals surface area contributed by atoms with E-state index in [9.17, 15) is 0 Å². The van der Waals surface area contributed by atoms with Crippen LogP contribution in [0, 0.1) is 0 Å². The first-order chi connectivity index (χ1) is 8.86. The van der Waals surface area contributed by atoms with Crippen LogP contribution < -0.4 is 5.73 Å². The van der Waals surface area contributed by atoms with Crippen LogP contribution in [0.4, 0.5) is 5.88 Å². The minimum absolute atomic E-state index is 0.384. The lowest BCUT2D eigenvalue weighted by Crippen LogP contribution is -2.14. The summed E-state index contributed by atoms with van der Waals surface area (Å²) < 4.78 is 10.4. The Morgan fingerprint density at radius 1 is 1.11 bits per heavy atom. The zero-order valence-electron chi connectivity index (χ0n) is 10.1. The fourth-order valence-electron chi connectivity index (χ4n) is 2.56. The summed E-state index contributed by atoms with van der Waals surface area (Å²) in [6.07, 6.45) is 3.80. The first-order valence-corrected chi connectivity index (χ1v) is 6.23. The number of benzene rings is 1. The Labute approximate surface area is 106 Å². The van der Waals surface area contributed by atoms with Gasteiger partial charge in [-0.3, -0.25) is 0 Å². The van der Waals surface area contributed by atoms with Crippen LogP contribution in [-0.2, 0) is 4.74 Å². The maximum Gasteiger partial charge on any atom is 0.229 e. The molecule has 0 saturated carbocycles. The monoisotopic (exact) mass is 244 g/mol. The Morgan fingerprint density at radius 3 is 2.61 bits per heavy atom. The molecule has 0 radical (unpaired) electrons. The molecule has 0 unspecified atom stereocenters. The molecule has 2 aromatic rings. The van der Waals surface area contributed by atoms with Gasteiger partial charge < -0.3 is 15.0 Å². The van der Waals surface area contributed by atoms with Crippen LogP contribution in [-0.4, -0.2) is 18.4 Å². The van der Waals surface area contributed by atoms with E-state index < -0.39 is 0 Å². The SMILES string of the molecule is Nc1oncc1-c1ccccc1C1CCOCC1. The van der Waals surface area contributed by atoms with Gasteiger partial charge in [0.1, 0.15) is 0 Å². The third-order valence-corrected chi connectivity index (χ3v) is 3.51. The number of nitrogen functional groups attached to an aromatic ring is 1. The highest BCUT2D eigenvalue weighted by molar-refractivity contribution is 5.75. The molecule has 1 aliphatic rings. The molecule has 0 aliphatic carbocycles. The molecule has 4 nitrogen and oxygen atoms in total. The number of rotatable bonds is 2. The van der Waals surface area contributed by atoms with Gasteiger partial charge in [0.15, 0.2) is 0 Å². The second kappa shape index (κ2) is 4.82. The number of hydrogen-bond acceptors (Lipinski definition) is 4. The fraction of sp³-hybridized carbons (Fsp3) is 0.357. The normalized spacial score (nSPS) is 16.9. The quantitative estimate of drug-likeness (QED) is 0.882. The number of anilines is 1. The van der Waals surface area contributed by atoms with Crippen LogP contribution >= 0.6 is 0 Å². The molecule has 1 aliphatic heterocycles. The Morgan fingerprint density at radius 2 is 1.89 bits per heavy atom. The van der Waals surface area contributed by atoms with Crippen molar-refractivity contribution < 1.29 is 9.26 Å². The van der Waals surface area contributed by atoms with Crippen LogP contribution in [0.3, 0.4) is 0 Å². The number of aromatic nitrogens is 1. The molecule has 0 spiro atoms. The Hall–Kier alpha value is -1.81. The Kier molecular flexibility index (Phi) is 3.02. The molecule has 1 fully saturated rings. The third-order valence-electron chi connectivity index (χ3n) is 3.51. The van der Waals surface area contributed by atoms with Crippen molar-refractivity contribution in [2.75, 3.05) is 18.9 Å².